The largest absolute Gasteiger partial charge is 0.303 e. The second kappa shape index (κ2) is 7.12. The lowest BCUT2D eigenvalue weighted by molar-refractivity contribution is 0.343. The van der Waals surface area contributed by atoms with Crippen molar-refractivity contribution in [3.63, 3.8) is 0 Å². The molecular weight excluding hydrogens is 284 g/mol. The van der Waals surface area contributed by atoms with E-state index >= 15 is 0 Å². The van der Waals surface area contributed by atoms with Crippen LogP contribution in [-0.4, -0.2) is 39.2 Å². The van der Waals surface area contributed by atoms with Crippen LogP contribution in [0.15, 0.2) is 24.3 Å². The second-order valence-electron chi connectivity index (χ2n) is 4.87. The van der Waals surface area contributed by atoms with E-state index in [0.717, 1.165) is 19.2 Å². The van der Waals surface area contributed by atoms with Crippen LogP contribution >= 0.6 is 12.4 Å². The first-order valence-electron chi connectivity index (χ1n) is 6.32. The molecule has 0 spiro atoms. The Labute approximate surface area is 121 Å². The summed E-state index contributed by atoms with van der Waals surface area (Å²) in [6, 6.07) is 7.62. The van der Waals surface area contributed by atoms with E-state index in [2.05, 4.69) is 9.62 Å². The van der Waals surface area contributed by atoms with E-state index in [0.29, 0.717) is 5.69 Å². The molecule has 108 valence electrons. The summed E-state index contributed by atoms with van der Waals surface area (Å²) in [5.74, 6) is 0. The van der Waals surface area contributed by atoms with Gasteiger partial charge in [0.1, 0.15) is 0 Å². The number of nitrogens with one attached hydrogen (secondary N) is 1. The standard InChI is InChI=1S/C13H20N2O2S.ClH/c1-18(16,17)14-13-6-4-12(5-7-13)8-11-15-9-2-3-10-15;/h4-7,14H,2-3,8-11H2,1H3;1H. The lowest BCUT2D eigenvalue weighted by Crippen LogP contribution is -2.21. The first-order valence-corrected chi connectivity index (χ1v) is 8.21. The molecule has 0 aliphatic carbocycles. The van der Waals surface area contributed by atoms with Crippen molar-refractivity contribution in [2.24, 2.45) is 0 Å². The van der Waals surface area contributed by atoms with Crippen molar-refractivity contribution < 1.29 is 8.42 Å². The molecule has 1 saturated heterocycles. The molecular formula is C13H21ClN2O2S. The molecule has 0 atom stereocenters. The molecule has 0 amide bonds. The lowest BCUT2D eigenvalue weighted by Gasteiger charge is -2.14. The normalized spacial score (nSPS) is 16.1. The summed E-state index contributed by atoms with van der Waals surface area (Å²) in [5.41, 5.74) is 1.88. The smallest absolute Gasteiger partial charge is 0.229 e. The van der Waals surface area contributed by atoms with Crippen LogP contribution in [0, 0.1) is 0 Å². The molecule has 4 nitrogen and oxygen atoms in total. The molecule has 0 saturated carbocycles. The molecule has 1 N–H and O–H groups in total. The minimum Gasteiger partial charge on any atom is -0.303 e. The maximum Gasteiger partial charge on any atom is 0.229 e. The van der Waals surface area contributed by atoms with Crippen LogP contribution in [0.1, 0.15) is 18.4 Å². The van der Waals surface area contributed by atoms with Gasteiger partial charge in [-0.3, -0.25) is 4.72 Å². The summed E-state index contributed by atoms with van der Waals surface area (Å²) in [5, 5.41) is 0. The third-order valence-electron chi connectivity index (χ3n) is 3.17. The van der Waals surface area contributed by atoms with Crippen LogP contribution < -0.4 is 4.72 Å². The molecule has 1 fully saturated rings. The molecule has 0 bridgehead atoms. The summed E-state index contributed by atoms with van der Waals surface area (Å²) >= 11 is 0. The van der Waals surface area contributed by atoms with E-state index in [1.165, 1.54) is 31.5 Å². The predicted molar refractivity (Wildman–Crippen MR) is 81.5 cm³/mol. The molecule has 2 rings (SSSR count). The topological polar surface area (TPSA) is 49.4 Å². The Kier molecular flexibility index (Phi) is 6.10. The molecule has 1 aliphatic heterocycles. The fraction of sp³-hybridized carbons (Fsp3) is 0.538. The zero-order chi connectivity index (χ0) is 13.0. The van der Waals surface area contributed by atoms with Crippen LogP contribution in [-0.2, 0) is 16.4 Å². The van der Waals surface area contributed by atoms with Gasteiger partial charge in [0.05, 0.1) is 6.26 Å². The van der Waals surface area contributed by atoms with Gasteiger partial charge in [0.25, 0.3) is 0 Å². The summed E-state index contributed by atoms with van der Waals surface area (Å²) in [4.78, 5) is 2.47. The number of likely N-dealkylation sites (tertiary alicyclic amines) is 1. The average molecular weight is 305 g/mol. The van der Waals surface area contributed by atoms with E-state index in [1.54, 1.807) is 0 Å². The molecule has 0 radical (unpaired) electrons. The van der Waals surface area contributed by atoms with Crippen molar-refractivity contribution in [3.05, 3.63) is 29.8 Å². The van der Waals surface area contributed by atoms with Crippen LogP contribution in [0.4, 0.5) is 5.69 Å². The molecule has 6 heteroatoms. The van der Waals surface area contributed by atoms with Gasteiger partial charge >= 0.3 is 0 Å². The molecule has 1 aromatic carbocycles. The van der Waals surface area contributed by atoms with Crippen molar-refractivity contribution in [1.29, 1.82) is 0 Å². The Bertz CT molecular complexity index is 482. The SMILES string of the molecule is CS(=O)(=O)Nc1ccc(CCN2CCCC2)cc1.Cl. The molecule has 19 heavy (non-hydrogen) atoms. The van der Waals surface area contributed by atoms with E-state index in [1.807, 2.05) is 24.3 Å². The number of hydrogen-bond donors (Lipinski definition) is 1. The van der Waals surface area contributed by atoms with Gasteiger partial charge in [-0.2, -0.15) is 0 Å². The Hall–Kier alpha value is -0.780. The Balaban J connectivity index is 0.00000180. The van der Waals surface area contributed by atoms with Crippen LogP contribution in [0.3, 0.4) is 0 Å². The van der Waals surface area contributed by atoms with Crippen LogP contribution in [0.5, 0.6) is 0 Å². The molecule has 0 unspecified atom stereocenters. The van der Waals surface area contributed by atoms with Crippen molar-refractivity contribution in [2.45, 2.75) is 19.3 Å². The number of halogens is 1. The summed E-state index contributed by atoms with van der Waals surface area (Å²) < 4.78 is 24.6. The van der Waals surface area contributed by atoms with Gasteiger partial charge in [-0.25, -0.2) is 8.42 Å². The quantitative estimate of drug-likeness (QED) is 0.906. The molecule has 1 aliphatic rings. The van der Waals surface area contributed by atoms with Gasteiger partial charge in [-0.05, 0) is 50.0 Å². The Morgan fingerprint density at radius 1 is 1.16 bits per heavy atom. The zero-order valence-corrected chi connectivity index (χ0v) is 12.8. The first-order chi connectivity index (χ1) is 8.53. The monoisotopic (exact) mass is 304 g/mol. The van der Waals surface area contributed by atoms with Crippen molar-refractivity contribution >= 4 is 28.1 Å². The van der Waals surface area contributed by atoms with Gasteiger partial charge in [-0.15, -0.1) is 12.4 Å². The first kappa shape index (κ1) is 16.3. The number of anilines is 1. The Morgan fingerprint density at radius 3 is 2.26 bits per heavy atom. The average Bonchev–Trinajstić information content (AvgIpc) is 2.79. The zero-order valence-electron chi connectivity index (χ0n) is 11.1. The van der Waals surface area contributed by atoms with Gasteiger partial charge in [-0.1, -0.05) is 12.1 Å². The summed E-state index contributed by atoms with van der Waals surface area (Å²) in [7, 11) is -3.17. The van der Waals surface area contributed by atoms with Crippen LogP contribution in [0.2, 0.25) is 0 Å². The second-order valence-corrected chi connectivity index (χ2v) is 6.62. The summed E-state index contributed by atoms with van der Waals surface area (Å²) in [6.07, 6.45) is 4.82. The maximum atomic E-state index is 11.1. The summed E-state index contributed by atoms with van der Waals surface area (Å²) in [6.45, 7) is 3.53. The minimum atomic E-state index is -3.17. The minimum absolute atomic E-state index is 0. The lowest BCUT2D eigenvalue weighted by atomic mass is 10.1. The highest BCUT2D eigenvalue weighted by atomic mass is 35.5. The van der Waals surface area contributed by atoms with Gasteiger partial charge in [0, 0.05) is 12.2 Å². The fourth-order valence-corrected chi connectivity index (χ4v) is 2.81. The van der Waals surface area contributed by atoms with Gasteiger partial charge in [0.2, 0.25) is 10.0 Å². The highest BCUT2D eigenvalue weighted by Crippen LogP contribution is 2.13. The number of sulfonamides is 1. The maximum absolute atomic E-state index is 11.1. The highest BCUT2D eigenvalue weighted by molar-refractivity contribution is 7.92. The van der Waals surface area contributed by atoms with Crippen molar-refractivity contribution in [1.82, 2.24) is 4.90 Å². The number of nitrogens with zero attached hydrogens (tertiary/aromatic N) is 1. The third-order valence-corrected chi connectivity index (χ3v) is 3.78. The van der Waals surface area contributed by atoms with E-state index in [4.69, 9.17) is 0 Å². The van der Waals surface area contributed by atoms with E-state index < -0.39 is 10.0 Å². The van der Waals surface area contributed by atoms with E-state index in [9.17, 15) is 8.42 Å². The predicted octanol–water partition coefficient (Wildman–Crippen LogP) is 2.12. The molecule has 0 aromatic heterocycles. The molecule has 1 heterocycles. The van der Waals surface area contributed by atoms with Crippen molar-refractivity contribution in [2.75, 3.05) is 30.6 Å². The van der Waals surface area contributed by atoms with Crippen LogP contribution in [0.25, 0.3) is 0 Å². The Morgan fingerprint density at radius 2 is 1.74 bits per heavy atom. The number of benzene rings is 1. The van der Waals surface area contributed by atoms with E-state index in [-0.39, 0.29) is 12.4 Å². The van der Waals surface area contributed by atoms with Gasteiger partial charge in [0.15, 0.2) is 0 Å². The van der Waals surface area contributed by atoms with Crippen molar-refractivity contribution in [3.8, 4) is 0 Å². The van der Waals surface area contributed by atoms with Gasteiger partial charge < -0.3 is 4.90 Å². The fourth-order valence-electron chi connectivity index (χ4n) is 2.25. The highest BCUT2D eigenvalue weighted by Gasteiger charge is 2.10. The molecule has 1 aromatic rings. The number of hydrogen-bond acceptors (Lipinski definition) is 3. The number of rotatable bonds is 5. The third kappa shape index (κ3) is 5.80.